The molecule has 0 spiro atoms. The third-order valence-corrected chi connectivity index (χ3v) is 4.82. The van der Waals surface area contributed by atoms with Gasteiger partial charge in [-0.3, -0.25) is 9.69 Å². The molecule has 21 heavy (non-hydrogen) atoms. The van der Waals surface area contributed by atoms with E-state index in [2.05, 4.69) is 15.2 Å². The van der Waals surface area contributed by atoms with Crippen molar-refractivity contribution >= 4 is 34.9 Å². The third-order valence-electron chi connectivity index (χ3n) is 4.33. The summed E-state index contributed by atoms with van der Waals surface area (Å²) < 4.78 is 0. The van der Waals surface area contributed by atoms with E-state index in [-0.39, 0.29) is 12.0 Å². The lowest BCUT2D eigenvalue weighted by molar-refractivity contribution is -0.117. The number of aromatic nitrogens is 1. The van der Waals surface area contributed by atoms with Gasteiger partial charge in [0.05, 0.1) is 22.7 Å². The number of anilines is 1. The number of hydrogen-bond donors (Lipinski definition) is 2. The molecule has 5 nitrogen and oxygen atoms in total. The zero-order valence-corrected chi connectivity index (χ0v) is 12.9. The average molecular weight is 330 g/mol. The molecule has 1 aliphatic carbocycles. The number of nitrogens with one attached hydrogen (secondary N) is 1. The second-order valence-corrected chi connectivity index (χ2v) is 6.64. The number of likely N-dealkylation sites (tertiary alicyclic amines) is 1. The van der Waals surface area contributed by atoms with Gasteiger partial charge in [-0.05, 0) is 24.8 Å². The maximum Gasteiger partial charge on any atom is 0.239 e. The van der Waals surface area contributed by atoms with Gasteiger partial charge in [0.25, 0.3) is 0 Å². The van der Waals surface area contributed by atoms with Crippen LogP contribution in [0.5, 0.6) is 0 Å². The van der Waals surface area contributed by atoms with Gasteiger partial charge in [0.1, 0.15) is 0 Å². The van der Waals surface area contributed by atoms with E-state index in [1.165, 1.54) is 6.20 Å². The van der Waals surface area contributed by atoms with E-state index in [0.717, 1.165) is 25.9 Å². The topological polar surface area (TPSA) is 65.5 Å². The Balaban J connectivity index is 1.55. The van der Waals surface area contributed by atoms with Crippen molar-refractivity contribution < 1.29 is 9.90 Å². The first kappa shape index (κ1) is 15.0. The van der Waals surface area contributed by atoms with Crippen LogP contribution in [0.25, 0.3) is 0 Å². The summed E-state index contributed by atoms with van der Waals surface area (Å²) in [7, 11) is 0. The fraction of sp³-hybridized carbons (Fsp3) is 0.571. The largest absolute Gasteiger partial charge is 0.393 e. The molecule has 1 aromatic rings. The lowest BCUT2D eigenvalue weighted by Crippen LogP contribution is -2.33. The van der Waals surface area contributed by atoms with Gasteiger partial charge < -0.3 is 10.4 Å². The summed E-state index contributed by atoms with van der Waals surface area (Å²) in [6, 6.07) is 1.54. The van der Waals surface area contributed by atoms with E-state index in [0.29, 0.717) is 34.2 Å². The monoisotopic (exact) mass is 329 g/mol. The van der Waals surface area contributed by atoms with E-state index in [1.807, 2.05) is 0 Å². The van der Waals surface area contributed by atoms with Crippen LogP contribution >= 0.6 is 23.2 Å². The highest BCUT2D eigenvalue weighted by atomic mass is 35.5. The molecule has 3 atom stereocenters. The molecule has 1 aliphatic heterocycles. The van der Waals surface area contributed by atoms with Gasteiger partial charge in [-0.1, -0.05) is 23.2 Å². The average Bonchev–Trinajstić information content (AvgIpc) is 2.95. The molecule has 2 aliphatic rings. The van der Waals surface area contributed by atoms with Gasteiger partial charge in [-0.25, -0.2) is 4.98 Å². The van der Waals surface area contributed by atoms with Gasteiger partial charge in [0, 0.05) is 25.2 Å². The number of pyridine rings is 1. The van der Waals surface area contributed by atoms with E-state index in [1.54, 1.807) is 6.07 Å². The van der Waals surface area contributed by atoms with Crippen LogP contribution < -0.4 is 5.32 Å². The zero-order valence-electron chi connectivity index (χ0n) is 11.4. The minimum absolute atomic E-state index is 0.152. The Kier molecular flexibility index (Phi) is 4.36. The van der Waals surface area contributed by atoms with Crippen LogP contribution in [0.15, 0.2) is 12.3 Å². The molecule has 1 amide bonds. The van der Waals surface area contributed by atoms with Gasteiger partial charge in [0.15, 0.2) is 5.82 Å². The van der Waals surface area contributed by atoms with Crippen molar-refractivity contribution in [2.24, 2.45) is 11.8 Å². The van der Waals surface area contributed by atoms with Crippen molar-refractivity contribution in [3.8, 4) is 0 Å². The van der Waals surface area contributed by atoms with Gasteiger partial charge in [0.2, 0.25) is 5.91 Å². The Bertz CT molecular complexity index is 555. The number of aliphatic hydroxyl groups is 1. The van der Waals surface area contributed by atoms with Crippen molar-refractivity contribution in [1.82, 2.24) is 9.88 Å². The van der Waals surface area contributed by atoms with Crippen molar-refractivity contribution in [1.29, 1.82) is 0 Å². The van der Waals surface area contributed by atoms with Gasteiger partial charge in [-0.2, -0.15) is 0 Å². The summed E-state index contributed by atoms with van der Waals surface area (Å²) in [6.07, 6.45) is 3.17. The molecule has 2 heterocycles. The third kappa shape index (κ3) is 3.31. The first-order chi connectivity index (χ1) is 10.0. The zero-order chi connectivity index (χ0) is 15.0. The second-order valence-electron chi connectivity index (χ2n) is 5.79. The number of rotatable bonds is 3. The van der Waals surface area contributed by atoms with Crippen LogP contribution in [0.1, 0.15) is 12.8 Å². The second kappa shape index (κ2) is 6.08. The summed E-state index contributed by atoms with van der Waals surface area (Å²) >= 11 is 11.7. The maximum absolute atomic E-state index is 12.1. The van der Waals surface area contributed by atoms with Crippen LogP contribution in [-0.4, -0.2) is 46.6 Å². The number of halogens is 2. The summed E-state index contributed by atoms with van der Waals surface area (Å²) in [5, 5.41) is 13.3. The number of carbonyl (C=O) groups is 1. The number of aliphatic hydroxyl groups excluding tert-OH is 1. The fourth-order valence-corrected chi connectivity index (χ4v) is 3.77. The Morgan fingerprint density at radius 1 is 1.43 bits per heavy atom. The molecule has 3 rings (SSSR count). The highest BCUT2D eigenvalue weighted by Gasteiger charge is 2.42. The number of carbonyl (C=O) groups excluding carboxylic acids is 1. The fourth-order valence-electron chi connectivity index (χ4n) is 3.34. The lowest BCUT2D eigenvalue weighted by atomic mass is 10.00. The van der Waals surface area contributed by atoms with E-state index in [4.69, 9.17) is 23.2 Å². The Hall–Kier alpha value is -0.880. The molecule has 114 valence electrons. The molecule has 3 unspecified atom stereocenters. The molecule has 0 aromatic carbocycles. The SMILES string of the molecule is O=C(CN1CC2CCC(O)C2C1)Nc1ncc(Cl)cc1Cl. The van der Waals surface area contributed by atoms with Crippen LogP contribution in [-0.2, 0) is 4.79 Å². The molecular formula is C14H17Cl2N3O2. The molecule has 2 fully saturated rings. The molecule has 7 heteroatoms. The van der Waals surface area contributed by atoms with Crippen molar-refractivity contribution in [3.05, 3.63) is 22.3 Å². The lowest BCUT2D eigenvalue weighted by Gasteiger charge is -2.17. The van der Waals surface area contributed by atoms with Crippen molar-refractivity contribution in [3.63, 3.8) is 0 Å². The van der Waals surface area contributed by atoms with Crippen LogP contribution in [0.3, 0.4) is 0 Å². The van der Waals surface area contributed by atoms with E-state index in [9.17, 15) is 9.90 Å². The van der Waals surface area contributed by atoms with E-state index >= 15 is 0 Å². The molecule has 0 radical (unpaired) electrons. The molecular weight excluding hydrogens is 313 g/mol. The Morgan fingerprint density at radius 3 is 2.95 bits per heavy atom. The number of amides is 1. The van der Waals surface area contributed by atoms with Crippen LogP contribution in [0.4, 0.5) is 5.82 Å². The van der Waals surface area contributed by atoms with Crippen LogP contribution in [0.2, 0.25) is 10.0 Å². The first-order valence-corrected chi connectivity index (χ1v) is 7.80. The molecule has 1 saturated heterocycles. The quantitative estimate of drug-likeness (QED) is 0.890. The highest BCUT2D eigenvalue weighted by molar-refractivity contribution is 6.36. The first-order valence-electron chi connectivity index (χ1n) is 7.04. The standard InChI is InChI=1S/C14H17Cl2N3O2/c15-9-3-11(16)14(17-4-9)18-13(21)7-19-5-8-1-2-12(20)10(8)6-19/h3-4,8,10,12,20H,1-2,5-7H2,(H,17,18,21). The van der Waals surface area contributed by atoms with Gasteiger partial charge >= 0.3 is 0 Å². The van der Waals surface area contributed by atoms with Crippen molar-refractivity contribution in [2.45, 2.75) is 18.9 Å². The number of fused-ring (bicyclic) bond motifs is 1. The maximum atomic E-state index is 12.1. The summed E-state index contributed by atoms with van der Waals surface area (Å²) in [6.45, 7) is 1.94. The summed E-state index contributed by atoms with van der Waals surface area (Å²) in [5.74, 6) is 1.01. The molecule has 1 saturated carbocycles. The predicted octanol–water partition coefficient (Wildman–Crippen LogP) is 2.03. The van der Waals surface area contributed by atoms with Crippen molar-refractivity contribution in [2.75, 3.05) is 25.0 Å². The minimum atomic E-state index is -0.213. The Labute approximate surface area is 133 Å². The smallest absolute Gasteiger partial charge is 0.239 e. The number of hydrogen-bond acceptors (Lipinski definition) is 4. The normalized spacial score (nSPS) is 28.6. The Morgan fingerprint density at radius 2 is 2.24 bits per heavy atom. The van der Waals surface area contributed by atoms with Gasteiger partial charge in [-0.15, -0.1) is 0 Å². The molecule has 0 bridgehead atoms. The summed E-state index contributed by atoms with van der Waals surface area (Å²) in [5.41, 5.74) is 0. The number of nitrogens with zero attached hydrogens (tertiary/aromatic N) is 2. The molecule has 2 N–H and O–H groups in total. The minimum Gasteiger partial charge on any atom is -0.393 e. The summed E-state index contributed by atoms with van der Waals surface area (Å²) in [4.78, 5) is 18.1. The predicted molar refractivity (Wildman–Crippen MR) is 81.5 cm³/mol. The highest BCUT2D eigenvalue weighted by Crippen LogP contribution is 2.37. The van der Waals surface area contributed by atoms with Crippen LogP contribution in [0, 0.1) is 11.8 Å². The molecule has 1 aromatic heterocycles. The van der Waals surface area contributed by atoms with E-state index < -0.39 is 0 Å².